The molecule has 2 amide bonds. The molecular weight excluding hydrogens is 462 g/mol. The molecule has 0 radical (unpaired) electrons. The van der Waals surface area contributed by atoms with Crippen LogP contribution in [0.15, 0.2) is 66.4 Å². The number of hydrogen-bond donors (Lipinski definition) is 0. The maximum atomic E-state index is 12.8. The summed E-state index contributed by atoms with van der Waals surface area (Å²) in [6, 6.07) is 18.2. The maximum Gasteiger partial charge on any atom is 0.410 e. The number of fused-ring (bicyclic) bond motifs is 1. The highest BCUT2D eigenvalue weighted by atomic mass is 16.6. The van der Waals surface area contributed by atoms with Gasteiger partial charge in [0.1, 0.15) is 5.60 Å². The molecule has 1 fully saturated rings. The molecule has 2 heterocycles. The minimum Gasteiger partial charge on any atom is -0.444 e. The summed E-state index contributed by atoms with van der Waals surface area (Å²) in [5, 5.41) is 1.08. The van der Waals surface area contributed by atoms with Crippen LogP contribution in [-0.4, -0.2) is 59.1 Å². The van der Waals surface area contributed by atoms with E-state index in [2.05, 4.69) is 31.2 Å². The van der Waals surface area contributed by atoms with Crippen LogP contribution in [0.2, 0.25) is 0 Å². The molecule has 0 spiro atoms. The number of para-hydroxylation sites is 1. The van der Waals surface area contributed by atoms with Crippen LogP contribution in [0.4, 0.5) is 4.79 Å². The van der Waals surface area contributed by atoms with E-state index in [1.807, 2.05) is 64.3 Å². The zero-order chi connectivity index (χ0) is 26.6. The van der Waals surface area contributed by atoms with Crippen LogP contribution in [0.5, 0.6) is 0 Å². The fourth-order valence-corrected chi connectivity index (χ4v) is 4.83. The van der Waals surface area contributed by atoms with E-state index < -0.39 is 5.60 Å². The average molecular weight is 500 g/mol. The molecule has 0 bridgehead atoms. The van der Waals surface area contributed by atoms with Crippen molar-refractivity contribution in [1.29, 1.82) is 0 Å². The number of amides is 2. The second-order valence-corrected chi connectivity index (χ2v) is 10.6. The van der Waals surface area contributed by atoms with Gasteiger partial charge in [-0.15, -0.1) is 0 Å². The van der Waals surface area contributed by atoms with Crippen molar-refractivity contribution < 1.29 is 14.3 Å². The summed E-state index contributed by atoms with van der Waals surface area (Å²) in [6.45, 7) is 9.67. The van der Waals surface area contributed by atoms with Gasteiger partial charge in [-0.05, 0) is 69.4 Å². The number of piperidine rings is 1. The molecule has 0 N–H and O–H groups in total. The second-order valence-electron chi connectivity index (χ2n) is 10.6. The Labute approximate surface area is 219 Å². The minimum atomic E-state index is -0.517. The van der Waals surface area contributed by atoms with Gasteiger partial charge in [-0.2, -0.15) is 0 Å². The van der Waals surface area contributed by atoms with E-state index in [0.717, 1.165) is 53.4 Å². The molecule has 1 saturated heterocycles. The van der Waals surface area contributed by atoms with Gasteiger partial charge in [0, 0.05) is 49.4 Å². The van der Waals surface area contributed by atoms with Gasteiger partial charge >= 0.3 is 6.09 Å². The first-order valence-electron chi connectivity index (χ1n) is 13.1. The molecule has 37 heavy (non-hydrogen) atoms. The summed E-state index contributed by atoms with van der Waals surface area (Å²) < 4.78 is 5.60. The number of pyridine rings is 1. The third-order valence-electron chi connectivity index (χ3n) is 6.60. The highest BCUT2D eigenvalue weighted by Crippen LogP contribution is 2.36. The molecule has 0 unspecified atom stereocenters. The number of hydrogen-bond acceptors (Lipinski definition) is 4. The standard InChI is InChI=1S/C31H37N3O3/c1-6-19-33(5)29(35)25-14-12-22(13-15-25)27(26-11-7-9-24-10-8-18-32-28(24)26)23-16-20-34(21-17-23)30(36)37-31(2,3)4/h7-15,18H,6,16-17,19-21H2,1-5H3. The molecule has 1 aliphatic heterocycles. The number of ether oxygens (including phenoxy) is 1. The molecular formula is C31H37N3O3. The average Bonchev–Trinajstić information content (AvgIpc) is 2.88. The van der Waals surface area contributed by atoms with Crippen LogP contribution in [0.25, 0.3) is 16.5 Å². The topological polar surface area (TPSA) is 62.7 Å². The Kier molecular flexibility index (Phi) is 7.96. The van der Waals surface area contributed by atoms with E-state index in [4.69, 9.17) is 9.72 Å². The van der Waals surface area contributed by atoms with Crippen molar-refractivity contribution in [2.75, 3.05) is 26.7 Å². The largest absolute Gasteiger partial charge is 0.444 e. The van der Waals surface area contributed by atoms with Crippen molar-refractivity contribution in [1.82, 2.24) is 14.8 Å². The third-order valence-corrected chi connectivity index (χ3v) is 6.60. The predicted octanol–water partition coefficient (Wildman–Crippen LogP) is 6.55. The number of nitrogens with zero attached hydrogens (tertiary/aromatic N) is 3. The van der Waals surface area contributed by atoms with Gasteiger partial charge in [-0.1, -0.05) is 48.9 Å². The maximum absolute atomic E-state index is 12.8. The molecule has 1 aliphatic rings. The van der Waals surface area contributed by atoms with Gasteiger partial charge in [0.2, 0.25) is 0 Å². The quantitative estimate of drug-likeness (QED) is 0.399. The van der Waals surface area contributed by atoms with Gasteiger partial charge in [-0.3, -0.25) is 9.78 Å². The number of likely N-dealkylation sites (tertiary alicyclic amines) is 1. The van der Waals surface area contributed by atoms with Gasteiger partial charge in [0.25, 0.3) is 5.91 Å². The van der Waals surface area contributed by atoms with Crippen LogP contribution >= 0.6 is 0 Å². The van der Waals surface area contributed by atoms with Gasteiger partial charge in [0.05, 0.1) is 5.52 Å². The first kappa shape index (κ1) is 26.4. The predicted molar refractivity (Wildman–Crippen MR) is 148 cm³/mol. The Bertz CT molecular complexity index is 1290. The van der Waals surface area contributed by atoms with E-state index in [1.165, 1.54) is 5.57 Å². The summed E-state index contributed by atoms with van der Waals surface area (Å²) >= 11 is 0. The van der Waals surface area contributed by atoms with Crippen molar-refractivity contribution in [3.63, 3.8) is 0 Å². The first-order valence-corrected chi connectivity index (χ1v) is 13.1. The van der Waals surface area contributed by atoms with Gasteiger partial charge in [-0.25, -0.2) is 4.79 Å². The van der Waals surface area contributed by atoms with Crippen molar-refractivity contribution in [2.24, 2.45) is 0 Å². The smallest absolute Gasteiger partial charge is 0.410 e. The third kappa shape index (κ3) is 6.19. The van der Waals surface area contributed by atoms with Gasteiger partial charge in [0.15, 0.2) is 0 Å². The molecule has 194 valence electrons. The lowest BCUT2D eigenvalue weighted by Gasteiger charge is -2.32. The summed E-state index contributed by atoms with van der Waals surface area (Å²) in [5.74, 6) is 0.0279. The lowest BCUT2D eigenvalue weighted by molar-refractivity contribution is 0.0236. The SMILES string of the molecule is CCCN(C)C(=O)c1ccc(C(=C2CCN(C(=O)OC(C)(C)C)CC2)c2cccc3cccnc23)cc1. The van der Waals surface area contributed by atoms with Crippen molar-refractivity contribution in [3.05, 3.63) is 83.1 Å². The minimum absolute atomic E-state index is 0.0279. The number of carbonyl (C=O) groups is 2. The van der Waals surface area contributed by atoms with E-state index in [-0.39, 0.29) is 12.0 Å². The number of aromatic nitrogens is 1. The molecule has 0 saturated carbocycles. The molecule has 0 atom stereocenters. The molecule has 6 nitrogen and oxygen atoms in total. The molecule has 0 aliphatic carbocycles. The highest BCUT2D eigenvalue weighted by Gasteiger charge is 2.27. The van der Waals surface area contributed by atoms with Crippen LogP contribution < -0.4 is 0 Å². The second kappa shape index (κ2) is 11.2. The summed E-state index contributed by atoms with van der Waals surface area (Å²) in [7, 11) is 1.84. The first-order chi connectivity index (χ1) is 17.7. The van der Waals surface area contributed by atoms with E-state index >= 15 is 0 Å². The van der Waals surface area contributed by atoms with E-state index in [0.29, 0.717) is 18.7 Å². The Balaban J connectivity index is 1.71. The lowest BCUT2D eigenvalue weighted by Crippen LogP contribution is -2.40. The van der Waals surface area contributed by atoms with Crippen molar-refractivity contribution in [3.8, 4) is 0 Å². The van der Waals surface area contributed by atoms with Crippen molar-refractivity contribution >= 4 is 28.5 Å². The highest BCUT2D eigenvalue weighted by molar-refractivity contribution is 5.98. The van der Waals surface area contributed by atoms with Crippen LogP contribution in [-0.2, 0) is 4.74 Å². The zero-order valence-electron chi connectivity index (χ0n) is 22.6. The molecule has 2 aromatic carbocycles. The summed E-state index contributed by atoms with van der Waals surface area (Å²) in [4.78, 5) is 33.7. The van der Waals surface area contributed by atoms with Gasteiger partial charge < -0.3 is 14.5 Å². The molecule has 6 heteroatoms. The van der Waals surface area contributed by atoms with E-state index in [1.54, 1.807) is 9.80 Å². The van der Waals surface area contributed by atoms with Crippen LogP contribution in [0.1, 0.15) is 68.4 Å². The monoisotopic (exact) mass is 499 g/mol. The van der Waals surface area contributed by atoms with Crippen LogP contribution in [0.3, 0.4) is 0 Å². The molecule has 1 aromatic heterocycles. The summed E-state index contributed by atoms with van der Waals surface area (Å²) in [6.07, 6.45) is 3.98. The Hall–Kier alpha value is -3.67. The molecule has 3 aromatic rings. The number of rotatable bonds is 5. The lowest BCUT2D eigenvalue weighted by atomic mass is 9.87. The van der Waals surface area contributed by atoms with Crippen molar-refractivity contribution in [2.45, 2.75) is 52.6 Å². The fraction of sp³-hybridized carbons (Fsp3) is 0.387. The number of benzene rings is 2. The Morgan fingerprint density at radius 2 is 1.62 bits per heavy atom. The zero-order valence-corrected chi connectivity index (χ0v) is 22.6. The fourth-order valence-electron chi connectivity index (χ4n) is 4.83. The Morgan fingerprint density at radius 1 is 0.973 bits per heavy atom. The van der Waals surface area contributed by atoms with E-state index in [9.17, 15) is 9.59 Å². The number of carbonyl (C=O) groups excluding carboxylic acids is 2. The molecule has 4 rings (SSSR count). The summed E-state index contributed by atoms with van der Waals surface area (Å²) in [5.41, 5.74) is 5.64. The normalized spacial score (nSPS) is 14.0. The Morgan fingerprint density at radius 3 is 2.27 bits per heavy atom. The van der Waals surface area contributed by atoms with Crippen LogP contribution in [0, 0.1) is 0 Å².